The van der Waals surface area contributed by atoms with Gasteiger partial charge in [0.25, 0.3) is 0 Å². The Bertz CT molecular complexity index is 334. The average Bonchev–Trinajstić information content (AvgIpc) is 2.15. The number of benzene rings is 1. The van der Waals surface area contributed by atoms with Gasteiger partial charge < -0.3 is 0 Å². The zero-order valence-electron chi connectivity index (χ0n) is 11.1. The number of aryl methyl sites for hydroxylation is 2. The molecule has 0 saturated heterocycles. The van der Waals surface area contributed by atoms with Gasteiger partial charge in [0.1, 0.15) is 0 Å². The number of rotatable bonds is 4. The van der Waals surface area contributed by atoms with Gasteiger partial charge in [-0.2, -0.15) is 0 Å². The van der Waals surface area contributed by atoms with Crippen LogP contribution in [0, 0.1) is 25.2 Å². The van der Waals surface area contributed by atoms with Crippen molar-refractivity contribution < 1.29 is 0 Å². The molecule has 0 nitrogen and oxygen atoms in total. The Labute approximate surface area is 105 Å². The van der Waals surface area contributed by atoms with E-state index >= 15 is 0 Å². The van der Waals surface area contributed by atoms with Crippen LogP contribution in [0.15, 0.2) is 18.2 Å². The van der Waals surface area contributed by atoms with Gasteiger partial charge >= 0.3 is 0 Å². The van der Waals surface area contributed by atoms with Crippen molar-refractivity contribution >= 4 is 11.6 Å². The lowest BCUT2D eigenvalue weighted by molar-refractivity contribution is 0.253. The minimum Gasteiger partial charge on any atom is -0.126 e. The molecule has 0 N–H and O–H groups in total. The minimum absolute atomic E-state index is 0.196. The molecule has 16 heavy (non-hydrogen) atoms. The molecule has 1 aromatic carbocycles. The van der Waals surface area contributed by atoms with Crippen LogP contribution in [0.2, 0.25) is 0 Å². The van der Waals surface area contributed by atoms with E-state index in [-0.39, 0.29) is 5.41 Å². The van der Waals surface area contributed by atoms with Gasteiger partial charge in [-0.25, -0.2) is 0 Å². The van der Waals surface area contributed by atoms with Crippen molar-refractivity contribution in [2.24, 2.45) is 11.3 Å². The lowest BCUT2D eigenvalue weighted by Crippen LogP contribution is -2.28. The first-order valence-corrected chi connectivity index (χ1v) is 6.54. The SMILES string of the molecule is Cc1cc(C)cc(CC(C)(CCl)C(C)C)c1. The normalized spacial score (nSPS) is 15.2. The number of alkyl halides is 1. The van der Waals surface area contributed by atoms with Crippen LogP contribution in [0.25, 0.3) is 0 Å². The van der Waals surface area contributed by atoms with Crippen molar-refractivity contribution in [3.8, 4) is 0 Å². The largest absolute Gasteiger partial charge is 0.126 e. The zero-order chi connectivity index (χ0) is 12.3. The molecule has 0 fully saturated rings. The molecule has 0 aliphatic rings. The van der Waals surface area contributed by atoms with Gasteiger partial charge in [-0.3, -0.25) is 0 Å². The lowest BCUT2D eigenvalue weighted by Gasteiger charge is -2.32. The molecule has 1 aromatic rings. The topological polar surface area (TPSA) is 0 Å². The molecule has 0 heterocycles. The van der Waals surface area contributed by atoms with Gasteiger partial charge in [0, 0.05) is 5.88 Å². The third-order valence-electron chi connectivity index (χ3n) is 3.59. The third kappa shape index (κ3) is 3.25. The van der Waals surface area contributed by atoms with Crippen molar-refractivity contribution in [2.45, 2.75) is 41.0 Å². The fraction of sp³-hybridized carbons (Fsp3) is 0.600. The molecule has 0 spiro atoms. The van der Waals surface area contributed by atoms with E-state index in [9.17, 15) is 0 Å². The molecular formula is C15H23Cl. The maximum atomic E-state index is 6.13. The van der Waals surface area contributed by atoms with Crippen molar-refractivity contribution in [1.82, 2.24) is 0 Å². The van der Waals surface area contributed by atoms with Crippen molar-refractivity contribution in [2.75, 3.05) is 5.88 Å². The fourth-order valence-corrected chi connectivity index (χ4v) is 2.45. The highest BCUT2D eigenvalue weighted by Crippen LogP contribution is 2.33. The van der Waals surface area contributed by atoms with E-state index in [4.69, 9.17) is 11.6 Å². The Hall–Kier alpha value is -0.490. The highest BCUT2D eigenvalue weighted by molar-refractivity contribution is 6.18. The average molecular weight is 239 g/mol. The first-order chi connectivity index (χ1) is 7.37. The Balaban J connectivity index is 2.94. The molecule has 0 amide bonds. The first-order valence-electron chi connectivity index (χ1n) is 6.00. The van der Waals surface area contributed by atoms with Gasteiger partial charge in [-0.1, -0.05) is 50.1 Å². The van der Waals surface area contributed by atoms with Gasteiger partial charge in [-0.15, -0.1) is 11.6 Å². The molecule has 90 valence electrons. The lowest BCUT2D eigenvalue weighted by atomic mass is 9.76. The van der Waals surface area contributed by atoms with E-state index < -0.39 is 0 Å². The summed E-state index contributed by atoms with van der Waals surface area (Å²) < 4.78 is 0. The van der Waals surface area contributed by atoms with Gasteiger partial charge in [0.2, 0.25) is 0 Å². The summed E-state index contributed by atoms with van der Waals surface area (Å²) >= 11 is 6.13. The van der Waals surface area contributed by atoms with E-state index in [2.05, 4.69) is 52.8 Å². The molecule has 0 aromatic heterocycles. The molecule has 0 radical (unpaired) electrons. The molecule has 1 atom stereocenters. The Morgan fingerprint density at radius 3 is 2.00 bits per heavy atom. The summed E-state index contributed by atoms with van der Waals surface area (Å²) in [5.74, 6) is 1.32. The molecule has 0 aliphatic heterocycles. The number of hydrogen-bond acceptors (Lipinski definition) is 0. The van der Waals surface area contributed by atoms with Crippen LogP contribution < -0.4 is 0 Å². The van der Waals surface area contributed by atoms with Gasteiger partial charge in [0.05, 0.1) is 0 Å². The summed E-state index contributed by atoms with van der Waals surface area (Å²) in [7, 11) is 0. The molecule has 1 rings (SSSR count). The smallest absolute Gasteiger partial charge is 0.0282 e. The zero-order valence-corrected chi connectivity index (χ0v) is 11.9. The highest BCUT2D eigenvalue weighted by Gasteiger charge is 2.27. The Morgan fingerprint density at radius 1 is 1.12 bits per heavy atom. The van der Waals surface area contributed by atoms with E-state index in [1.165, 1.54) is 16.7 Å². The second-order valence-corrected chi connectivity index (χ2v) is 5.88. The van der Waals surface area contributed by atoms with Crippen LogP contribution in [0.3, 0.4) is 0 Å². The van der Waals surface area contributed by atoms with Crippen molar-refractivity contribution in [3.05, 3.63) is 34.9 Å². The maximum absolute atomic E-state index is 6.13. The summed E-state index contributed by atoms with van der Waals surface area (Å²) in [5, 5.41) is 0. The van der Waals surface area contributed by atoms with Crippen LogP contribution in [0.5, 0.6) is 0 Å². The summed E-state index contributed by atoms with van der Waals surface area (Å²) in [6.45, 7) is 11.1. The van der Waals surface area contributed by atoms with Crippen LogP contribution in [-0.2, 0) is 6.42 Å². The highest BCUT2D eigenvalue weighted by atomic mass is 35.5. The Kier molecular flexibility index (Phi) is 4.43. The van der Waals surface area contributed by atoms with Crippen LogP contribution in [-0.4, -0.2) is 5.88 Å². The third-order valence-corrected chi connectivity index (χ3v) is 4.20. The minimum atomic E-state index is 0.196. The molecule has 1 unspecified atom stereocenters. The molecule has 1 heteroatoms. The second-order valence-electron chi connectivity index (χ2n) is 5.62. The van der Waals surface area contributed by atoms with E-state index in [1.807, 2.05) is 0 Å². The first kappa shape index (κ1) is 13.6. The second kappa shape index (κ2) is 5.23. The summed E-state index contributed by atoms with van der Waals surface area (Å²) in [6.07, 6.45) is 1.07. The quantitative estimate of drug-likeness (QED) is 0.665. The van der Waals surface area contributed by atoms with Crippen LogP contribution in [0.1, 0.15) is 37.5 Å². The van der Waals surface area contributed by atoms with Crippen molar-refractivity contribution in [3.63, 3.8) is 0 Å². The number of hydrogen-bond donors (Lipinski definition) is 0. The number of halogens is 1. The van der Waals surface area contributed by atoms with E-state index in [0.717, 1.165) is 12.3 Å². The Morgan fingerprint density at radius 2 is 1.62 bits per heavy atom. The molecule has 0 saturated carbocycles. The predicted molar refractivity (Wildman–Crippen MR) is 73.3 cm³/mol. The fourth-order valence-electron chi connectivity index (χ4n) is 2.04. The molecule has 0 bridgehead atoms. The summed E-state index contributed by atoms with van der Waals surface area (Å²) in [5.41, 5.74) is 4.29. The summed E-state index contributed by atoms with van der Waals surface area (Å²) in [6, 6.07) is 6.78. The standard InChI is InChI=1S/C15H23Cl/c1-11(2)15(5,10-16)9-14-7-12(3)6-13(4)8-14/h6-8,11H,9-10H2,1-5H3. The van der Waals surface area contributed by atoms with Crippen LogP contribution >= 0.6 is 11.6 Å². The van der Waals surface area contributed by atoms with Crippen LogP contribution in [0.4, 0.5) is 0 Å². The molecular weight excluding hydrogens is 216 g/mol. The molecule has 0 aliphatic carbocycles. The summed E-state index contributed by atoms with van der Waals surface area (Å²) in [4.78, 5) is 0. The van der Waals surface area contributed by atoms with Gasteiger partial charge in [-0.05, 0) is 37.2 Å². The predicted octanol–water partition coefficient (Wildman–Crippen LogP) is 4.75. The van der Waals surface area contributed by atoms with E-state index in [1.54, 1.807) is 0 Å². The van der Waals surface area contributed by atoms with E-state index in [0.29, 0.717) is 5.92 Å². The van der Waals surface area contributed by atoms with Gasteiger partial charge in [0.15, 0.2) is 0 Å². The maximum Gasteiger partial charge on any atom is 0.0282 e. The van der Waals surface area contributed by atoms with Crippen molar-refractivity contribution in [1.29, 1.82) is 0 Å². The monoisotopic (exact) mass is 238 g/mol.